The molecule has 2 N–H and O–H groups in total. The number of nitrogens with one attached hydrogen (secondary N) is 2. The predicted octanol–water partition coefficient (Wildman–Crippen LogP) is 1.12. The second-order valence-corrected chi connectivity index (χ2v) is 6.65. The van der Waals surface area contributed by atoms with Crippen LogP contribution in [0.25, 0.3) is 0 Å². The van der Waals surface area contributed by atoms with Gasteiger partial charge in [0.05, 0.1) is 5.69 Å². The van der Waals surface area contributed by atoms with Gasteiger partial charge in [0.25, 0.3) is 0 Å². The predicted molar refractivity (Wildman–Crippen MR) is 95.3 cm³/mol. The highest BCUT2D eigenvalue weighted by molar-refractivity contribution is 5.75. The summed E-state index contributed by atoms with van der Waals surface area (Å²) in [6.45, 7) is 6.74. The summed E-state index contributed by atoms with van der Waals surface area (Å²) in [4.78, 5) is 20.9. The quantitative estimate of drug-likeness (QED) is 0.822. The topological polar surface area (TPSA) is 84.7 Å². The van der Waals surface area contributed by atoms with Crippen molar-refractivity contribution in [3.8, 4) is 0 Å². The number of aryl methyl sites for hydroxylation is 2. The SMILES string of the molecule is Cc1cc(C)nc(CCNC(=O)Cn2ccc(C3CCCNC3)n2)n1. The fourth-order valence-corrected chi connectivity index (χ4v) is 3.22. The maximum Gasteiger partial charge on any atom is 0.241 e. The Balaban J connectivity index is 1.45. The van der Waals surface area contributed by atoms with Gasteiger partial charge in [-0.1, -0.05) is 0 Å². The molecule has 7 nitrogen and oxygen atoms in total. The highest BCUT2D eigenvalue weighted by Gasteiger charge is 2.17. The standard InChI is InChI=1S/C18H26N6O/c1-13-10-14(2)22-17(21-13)5-8-20-18(25)12-24-9-6-16(23-24)15-4-3-7-19-11-15/h6,9-10,15,19H,3-5,7-8,11-12H2,1-2H3,(H,20,25). The van der Waals surface area contributed by atoms with Gasteiger partial charge in [-0.05, 0) is 45.4 Å². The minimum atomic E-state index is -0.0409. The molecule has 2 aromatic rings. The smallest absolute Gasteiger partial charge is 0.241 e. The van der Waals surface area contributed by atoms with Crippen LogP contribution < -0.4 is 10.6 Å². The van der Waals surface area contributed by atoms with Crippen LogP contribution in [0, 0.1) is 13.8 Å². The van der Waals surface area contributed by atoms with Gasteiger partial charge in [0.1, 0.15) is 12.4 Å². The molecule has 0 aliphatic carbocycles. The van der Waals surface area contributed by atoms with Gasteiger partial charge < -0.3 is 10.6 Å². The van der Waals surface area contributed by atoms with Crippen LogP contribution in [-0.4, -0.2) is 45.3 Å². The molecule has 1 amide bonds. The molecule has 1 fully saturated rings. The van der Waals surface area contributed by atoms with Gasteiger partial charge in [-0.2, -0.15) is 5.10 Å². The number of hydrogen-bond donors (Lipinski definition) is 2. The second-order valence-electron chi connectivity index (χ2n) is 6.65. The molecule has 1 atom stereocenters. The van der Waals surface area contributed by atoms with E-state index in [0.717, 1.165) is 42.4 Å². The van der Waals surface area contributed by atoms with Crippen LogP contribution in [0.4, 0.5) is 0 Å². The number of carbonyl (C=O) groups excluding carboxylic acids is 1. The van der Waals surface area contributed by atoms with Crippen molar-refractivity contribution in [2.24, 2.45) is 0 Å². The lowest BCUT2D eigenvalue weighted by Gasteiger charge is -2.20. The second kappa shape index (κ2) is 8.20. The van der Waals surface area contributed by atoms with E-state index in [-0.39, 0.29) is 12.5 Å². The van der Waals surface area contributed by atoms with Gasteiger partial charge in [-0.25, -0.2) is 9.97 Å². The highest BCUT2D eigenvalue weighted by Crippen LogP contribution is 2.21. The van der Waals surface area contributed by atoms with E-state index < -0.39 is 0 Å². The Morgan fingerprint density at radius 2 is 2.16 bits per heavy atom. The largest absolute Gasteiger partial charge is 0.354 e. The van der Waals surface area contributed by atoms with Gasteiger partial charge >= 0.3 is 0 Å². The Kier molecular flexibility index (Phi) is 5.75. The molecule has 7 heteroatoms. The normalized spacial score (nSPS) is 17.4. The van der Waals surface area contributed by atoms with E-state index in [0.29, 0.717) is 18.9 Å². The summed E-state index contributed by atoms with van der Waals surface area (Å²) >= 11 is 0. The summed E-state index contributed by atoms with van der Waals surface area (Å²) in [6.07, 6.45) is 4.85. The minimum absolute atomic E-state index is 0.0409. The molecule has 0 saturated carbocycles. The maximum absolute atomic E-state index is 12.1. The van der Waals surface area contributed by atoms with Crippen LogP contribution in [-0.2, 0) is 17.8 Å². The van der Waals surface area contributed by atoms with Crippen LogP contribution in [0.15, 0.2) is 18.3 Å². The molecule has 1 saturated heterocycles. The van der Waals surface area contributed by atoms with E-state index in [4.69, 9.17) is 0 Å². The molecule has 0 spiro atoms. The molecule has 1 aliphatic heterocycles. The first-order valence-corrected chi connectivity index (χ1v) is 8.92. The van der Waals surface area contributed by atoms with Crippen LogP contribution in [0.2, 0.25) is 0 Å². The lowest BCUT2D eigenvalue weighted by molar-refractivity contribution is -0.121. The average Bonchev–Trinajstić information content (AvgIpc) is 3.03. The Hall–Kier alpha value is -2.28. The summed E-state index contributed by atoms with van der Waals surface area (Å²) in [5, 5.41) is 10.9. The molecular formula is C18H26N6O. The number of carbonyl (C=O) groups is 1. The van der Waals surface area contributed by atoms with Gasteiger partial charge in [0.2, 0.25) is 5.91 Å². The van der Waals surface area contributed by atoms with Crippen molar-refractivity contribution in [1.82, 2.24) is 30.4 Å². The Morgan fingerprint density at radius 3 is 2.88 bits per heavy atom. The van der Waals surface area contributed by atoms with Gasteiger partial charge in [0.15, 0.2) is 0 Å². The van der Waals surface area contributed by atoms with Crippen molar-refractivity contribution >= 4 is 5.91 Å². The molecular weight excluding hydrogens is 316 g/mol. The van der Waals surface area contributed by atoms with E-state index in [1.54, 1.807) is 4.68 Å². The zero-order valence-electron chi connectivity index (χ0n) is 15.0. The van der Waals surface area contributed by atoms with E-state index in [1.807, 2.05) is 32.2 Å². The van der Waals surface area contributed by atoms with Crippen LogP contribution in [0.5, 0.6) is 0 Å². The van der Waals surface area contributed by atoms with Gasteiger partial charge in [-0.3, -0.25) is 9.48 Å². The minimum Gasteiger partial charge on any atom is -0.354 e. The van der Waals surface area contributed by atoms with Crippen LogP contribution in [0.3, 0.4) is 0 Å². The Bertz CT molecular complexity index is 700. The highest BCUT2D eigenvalue weighted by atomic mass is 16.2. The molecule has 1 unspecified atom stereocenters. The average molecular weight is 342 g/mol. The van der Waals surface area contributed by atoms with Crippen molar-refractivity contribution in [1.29, 1.82) is 0 Å². The third-order valence-corrected chi connectivity index (χ3v) is 4.38. The van der Waals surface area contributed by atoms with E-state index in [1.165, 1.54) is 6.42 Å². The van der Waals surface area contributed by atoms with E-state index >= 15 is 0 Å². The van der Waals surface area contributed by atoms with E-state index in [2.05, 4.69) is 25.7 Å². The molecule has 134 valence electrons. The maximum atomic E-state index is 12.1. The summed E-state index contributed by atoms with van der Waals surface area (Å²) in [7, 11) is 0. The number of hydrogen-bond acceptors (Lipinski definition) is 5. The first-order valence-electron chi connectivity index (χ1n) is 8.92. The molecule has 1 aliphatic rings. The Labute approximate surface area is 148 Å². The summed E-state index contributed by atoms with van der Waals surface area (Å²) < 4.78 is 1.71. The first-order chi connectivity index (χ1) is 12.1. The molecule has 0 radical (unpaired) electrons. The Morgan fingerprint density at radius 1 is 1.36 bits per heavy atom. The van der Waals surface area contributed by atoms with Crippen molar-refractivity contribution in [2.75, 3.05) is 19.6 Å². The fraction of sp³-hybridized carbons (Fsp3) is 0.556. The number of amides is 1. The van der Waals surface area contributed by atoms with Gasteiger partial charge in [0, 0.05) is 43.0 Å². The van der Waals surface area contributed by atoms with Crippen LogP contribution >= 0.6 is 0 Å². The lowest BCUT2D eigenvalue weighted by Crippen LogP contribution is -2.30. The van der Waals surface area contributed by atoms with Gasteiger partial charge in [-0.15, -0.1) is 0 Å². The summed E-state index contributed by atoms with van der Waals surface area (Å²) in [6, 6.07) is 3.97. The zero-order valence-corrected chi connectivity index (χ0v) is 15.0. The number of piperidine rings is 1. The van der Waals surface area contributed by atoms with Crippen molar-refractivity contribution < 1.29 is 4.79 Å². The molecule has 3 heterocycles. The number of rotatable bonds is 6. The van der Waals surface area contributed by atoms with Crippen molar-refractivity contribution in [2.45, 2.75) is 45.6 Å². The summed E-state index contributed by atoms with van der Waals surface area (Å²) in [5.41, 5.74) is 2.98. The third kappa shape index (κ3) is 5.09. The number of aromatic nitrogens is 4. The summed E-state index contributed by atoms with van der Waals surface area (Å²) in [5.74, 6) is 1.18. The van der Waals surface area contributed by atoms with Crippen molar-refractivity contribution in [3.05, 3.63) is 41.2 Å². The molecule has 0 bridgehead atoms. The lowest BCUT2D eigenvalue weighted by atomic mass is 9.97. The fourth-order valence-electron chi connectivity index (χ4n) is 3.22. The number of nitrogens with zero attached hydrogens (tertiary/aromatic N) is 4. The van der Waals surface area contributed by atoms with Crippen molar-refractivity contribution in [3.63, 3.8) is 0 Å². The third-order valence-electron chi connectivity index (χ3n) is 4.38. The molecule has 0 aromatic carbocycles. The first kappa shape index (κ1) is 17.5. The molecule has 2 aromatic heterocycles. The molecule has 3 rings (SSSR count). The molecule has 25 heavy (non-hydrogen) atoms. The van der Waals surface area contributed by atoms with E-state index in [9.17, 15) is 4.79 Å². The van der Waals surface area contributed by atoms with Crippen LogP contribution in [0.1, 0.15) is 41.7 Å². The monoisotopic (exact) mass is 342 g/mol. The zero-order chi connectivity index (χ0) is 17.6.